The maximum Gasteiger partial charge on any atom is 0.211 e. The molecule has 2 heterocycles. The summed E-state index contributed by atoms with van der Waals surface area (Å²) in [5.74, 6) is 0.00983. The van der Waals surface area contributed by atoms with Gasteiger partial charge in [-0.1, -0.05) is 24.3 Å². The topological polar surface area (TPSA) is 40.6 Å². The number of para-hydroxylation sites is 2. The van der Waals surface area contributed by atoms with Gasteiger partial charge in [0.25, 0.3) is 0 Å². The lowest BCUT2D eigenvalue weighted by Gasteiger charge is -2.19. The highest BCUT2D eigenvalue weighted by atomic mass is 16.1. The number of Topliss-reactive ketones (excluding diaryl/α,β-unsaturated/α-hetero) is 2. The third-order valence-corrected chi connectivity index (χ3v) is 4.96. The van der Waals surface area contributed by atoms with Crippen molar-refractivity contribution in [3.05, 3.63) is 83.2 Å². The van der Waals surface area contributed by atoms with E-state index in [-0.39, 0.29) is 11.6 Å². The zero-order valence-electron chi connectivity index (χ0n) is 14.9. The maximum atomic E-state index is 12.8. The van der Waals surface area contributed by atoms with Crippen molar-refractivity contribution in [2.45, 2.75) is 13.8 Å². The molecule has 0 spiro atoms. The first-order valence-corrected chi connectivity index (χ1v) is 8.91. The summed E-state index contributed by atoms with van der Waals surface area (Å²) in [5, 5.41) is 0. The zero-order chi connectivity index (χ0) is 18.3. The van der Waals surface area contributed by atoms with Gasteiger partial charge in [-0.05, 0) is 50.3 Å². The fourth-order valence-corrected chi connectivity index (χ4v) is 3.75. The van der Waals surface area contributed by atoms with Gasteiger partial charge in [0.2, 0.25) is 11.6 Å². The molecule has 0 aliphatic carbocycles. The standard InChI is InChI=1S/C22H20N2O2/c1-3-23-17-11-7-5-9-15(17)21(25)19(23)13-14-20-22(26)16-10-6-8-12-18(16)24(20)4-2/h5-14H,3-4H2,1-2H3/b19-13+,20-14+. The molecule has 2 aliphatic rings. The van der Waals surface area contributed by atoms with Crippen molar-refractivity contribution < 1.29 is 9.59 Å². The minimum Gasteiger partial charge on any atom is -0.338 e. The number of hydrogen-bond donors (Lipinski definition) is 0. The monoisotopic (exact) mass is 344 g/mol. The number of carbonyl (C=O) groups excluding carboxylic acids is 2. The van der Waals surface area contributed by atoms with E-state index >= 15 is 0 Å². The summed E-state index contributed by atoms with van der Waals surface area (Å²) < 4.78 is 0. The van der Waals surface area contributed by atoms with Gasteiger partial charge in [0.15, 0.2) is 0 Å². The molecule has 2 aliphatic heterocycles. The van der Waals surface area contributed by atoms with E-state index in [1.54, 1.807) is 12.2 Å². The number of benzene rings is 2. The zero-order valence-corrected chi connectivity index (χ0v) is 14.9. The first-order valence-electron chi connectivity index (χ1n) is 8.91. The summed E-state index contributed by atoms with van der Waals surface area (Å²) in [6, 6.07) is 15.2. The van der Waals surface area contributed by atoms with Crippen LogP contribution >= 0.6 is 0 Å². The van der Waals surface area contributed by atoms with Gasteiger partial charge >= 0.3 is 0 Å². The van der Waals surface area contributed by atoms with E-state index in [4.69, 9.17) is 0 Å². The summed E-state index contributed by atoms with van der Waals surface area (Å²) >= 11 is 0. The van der Waals surface area contributed by atoms with Crippen molar-refractivity contribution in [1.29, 1.82) is 0 Å². The Labute approximate surface area is 153 Å². The summed E-state index contributed by atoms with van der Waals surface area (Å²) in [6.45, 7) is 5.43. The van der Waals surface area contributed by atoms with Crippen LogP contribution in [0.5, 0.6) is 0 Å². The van der Waals surface area contributed by atoms with E-state index < -0.39 is 0 Å². The van der Waals surface area contributed by atoms with E-state index in [2.05, 4.69) is 0 Å². The van der Waals surface area contributed by atoms with Gasteiger partial charge < -0.3 is 9.80 Å². The SMILES string of the molecule is CCN1/C(=C/C=C2\C(=O)c3ccccc3N2CC)C(=O)c2ccccc21. The van der Waals surface area contributed by atoms with Crippen LogP contribution in [0, 0.1) is 0 Å². The van der Waals surface area contributed by atoms with Gasteiger partial charge in [0, 0.05) is 24.2 Å². The number of anilines is 2. The normalized spacial score (nSPS) is 18.8. The molecule has 4 heteroatoms. The van der Waals surface area contributed by atoms with Gasteiger partial charge in [-0.3, -0.25) is 9.59 Å². The molecule has 0 saturated heterocycles. The van der Waals surface area contributed by atoms with Crippen molar-refractivity contribution in [1.82, 2.24) is 0 Å². The van der Waals surface area contributed by atoms with Crippen LogP contribution in [0.25, 0.3) is 0 Å². The smallest absolute Gasteiger partial charge is 0.211 e. The fourth-order valence-electron chi connectivity index (χ4n) is 3.75. The van der Waals surface area contributed by atoms with E-state index in [0.29, 0.717) is 35.6 Å². The molecular formula is C22H20N2O2. The number of rotatable bonds is 3. The number of likely N-dealkylation sites (N-methyl/N-ethyl adjacent to an activating group) is 2. The maximum absolute atomic E-state index is 12.8. The van der Waals surface area contributed by atoms with Crippen LogP contribution < -0.4 is 9.80 Å². The Bertz CT molecular complexity index is 892. The molecule has 26 heavy (non-hydrogen) atoms. The predicted octanol–water partition coefficient (Wildman–Crippen LogP) is 4.20. The Hall–Kier alpha value is -3.14. The molecule has 2 aromatic carbocycles. The first kappa shape index (κ1) is 16.3. The van der Waals surface area contributed by atoms with Crippen LogP contribution in [0.3, 0.4) is 0 Å². The van der Waals surface area contributed by atoms with Gasteiger partial charge in [-0.2, -0.15) is 0 Å². The second-order valence-electron chi connectivity index (χ2n) is 6.28. The van der Waals surface area contributed by atoms with Crippen molar-refractivity contribution in [2.75, 3.05) is 22.9 Å². The molecule has 4 rings (SSSR count). The predicted molar refractivity (Wildman–Crippen MR) is 104 cm³/mol. The van der Waals surface area contributed by atoms with Gasteiger partial charge in [0.1, 0.15) is 0 Å². The van der Waals surface area contributed by atoms with E-state index in [1.165, 1.54) is 0 Å². The molecular weight excluding hydrogens is 324 g/mol. The summed E-state index contributed by atoms with van der Waals surface area (Å²) in [4.78, 5) is 29.6. The average Bonchev–Trinajstić information content (AvgIpc) is 3.11. The molecule has 130 valence electrons. The van der Waals surface area contributed by atoms with Crippen LogP contribution in [0.15, 0.2) is 72.1 Å². The van der Waals surface area contributed by atoms with Crippen molar-refractivity contribution in [3.63, 3.8) is 0 Å². The number of hydrogen-bond acceptors (Lipinski definition) is 4. The highest BCUT2D eigenvalue weighted by Crippen LogP contribution is 2.36. The Morgan fingerprint density at radius 1 is 0.692 bits per heavy atom. The molecule has 4 nitrogen and oxygen atoms in total. The van der Waals surface area contributed by atoms with Gasteiger partial charge in [0.05, 0.1) is 22.8 Å². The largest absolute Gasteiger partial charge is 0.338 e. The molecule has 0 saturated carbocycles. The summed E-state index contributed by atoms with van der Waals surface area (Å²) in [5.41, 5.74) is 4.51. The number of fused-ring (bicyclic) bond motifs is 2. The quantitative estimate of drug-likeness (QED) is 0.783. The highest BCUT2D eigenvalue weighted by molar-refractivity contribution is 6.20. The van der Waals surface area contributed by atoms with E-state index in [0.717, 1.165) is 11.4 Å². The van der Waals surface area contributed by atoms with Gasteiger partial charge in [-0.15, -0.1) is 0 Å². The number of ketones is 2. The minimum absolute atomic E-state index is 0.00492. The number of nitrogens with zero attached hydrogens (tertiary/aromatic N) is 2. The molecule has 0 fully saturated rings. The lowest BCUT2D eigenvalue weighted by atomic mass is 10.1. The average molecular weight is 344 g/mol. The van der Waals surface area contributed by atoms with Crippen LogP contribution in [0.4, 0.5) is 11.4 Å². The van der Waals surface area contributed by atoms with Crippen LogP contribution in [0.1, 0.15) is 34.6 Å². The lowest BCUT2D eigenvalue weighted by molar-refractivity contribution is 0.103. The third kappa shape index (κ3) is 2.30. The Balaban J connectivity index is 1.76. The van der Waals surface area contributed by atoms with Crippen LogP contribution in [-0.2, 0) is 0 Å². The minimum atomic E-state index is 0.00492. The highest BCUT2D eigenvalue weighted by Gasteiger charge is 2.32. The summed E-state index contributed by atoms with van der Waals surface area (Å²) in [7, 11) is 0. The molecule has 0 atom stereocenters. The Kier molecular flexibility index (Phi) is 3.96. The summed E-state index contributed by atoms with van der Waals surface area (Å²) in [6.07, 6.45) is 3.57. The van der Waals surface area contributed by atoms with Crippen molar-refractivity contribution >= 4 is 22.9 Å². The number of allylic oxidation sites excluding steroid dienone is 4. The molecule has 0 N–H and O–H groups in total. The molecule has 0 radical (unpaired) electrons. The van der Waals surface area contributed by atoms with Crippen molar-refractivity contribution in [3.8, 4) is 0 Å². The number of carbonyl (C=O) groups is 2. The second-order valence-corrected chi connectivity index (χ2v) is 6.28. The molecule has 0 amide bonds. The van der Waals surface area contributed by atoms with E-state index in [1.807, 2.05) is 72.2 Å². The Morgan fingerprint density at radius 2 is 1.08 bits per heavy atom. The van der Waals surface area contributed by atoms with Crippen LogP contribution in [0.2, 0.25) is 0 Å². The second kappa shape index (κ2) is 6.30. The molecule has 0 aromatic heterocycles. The molecule has 0 bridgehead atoms. The fraction of sp³-hybridized carbons (Fsp3) is 0.182. The van der Waals surface area contributed by atoms with Crippen LogP contribution in [-0.4, -0.2) is 24.7 Å². The Morgan fingerprint density at radius 3 is 1.46 bits per heavy atom. The third-order valence-electron chi connectivity index (χ3n) is 4.96. The lowest BCUT2D eigenvalue weighted by Crippen LogP contribution is -2.21. The molecule has 2 aromatic rings. The first-order chi connectivity index (χ1) is 12.7. The molecule has 0 unspecified atom stereocenters. The van der Waals surface area contributed by atoms with Crippen molar-refractivity contribution in [2.24, 2.45) is 0 Å². The van der Waals surface area contributed by atoms with E-state index in [9.17, 15) is 9.59 Å². The van der Waals surface area contributed by atoms with Gasteiger partial charge in [-0.25, -0.2) is 0 Å².